The van der Waals surface area contributed by atoms with Gasteiger partial charge in [0.15, 0.2) is 0 Å². The smallest absolute Gasteiger partial charge is 0.338 e. The van der Waals surface area contributed by atoms with Gasteiger partial charge >= 0.3 is 11.9 Å². The fourth-order valence-corrected chi connectivity index (χ4v) is 1.80. The van der Waals surface area contributed by atoms with Crippen molar-refractivity contribution in [1.29, 1.82) is 0 Å². The summed E-state index contributed by atoms with van der Waals surface area (Å²) in [6.07, 6.45) is 4.03. The van der Waals surface area contributed by atoms with Gasteiger partial charge in [-0.3, -0.25) is 4.79 Å². The summed E-state index contributed by atoms with van der Waals surface area (Å²) in [6, 6.07) is 6.88. The summed E-state index contributed by atoms with van der Waals surface area (Å²) < 4.78 is 15.2. The largest absolute Gasteiger partial charge is 0.494 e. The Bertz CT molecular complexity index is 453. The number of rotatable bonds is 10. The molecule has 122 valence electrons. The van der Waals surface area contributed by atoms with Crippen LogP contribution in [0.2, 0.25) is 0 Å². The van der Waals surface area contributed by atoms with E-state index in [9.17, 15) is 9.59 Å². The minimum atomic E-state index is -0.401. The van der Waals surface area contributed by atoms with Crippen LogP contribution in [0.4, 0.5) is 0 Å². The number of carbonyl (C=O) groups is 2. The molecule has 0 aliphatic carbocycles. The zero-order chi connectivity index (χ0) is 16.2. The van der Waals surface area contributed by atoms with Gasteiger partial charge in [-0.25, -0.2) is 4.79 Å². The molecule has 0 radical (unpaired) electrons. The van der Waals surface area contributed by atoms with E-state index in [1.165, 1.54) is 7.11 Å². The van der Waals surface area contributed by atoms with Gasteiger partial charge in [0.05, 0.1) is 25.9 Å². The van der Waals surface area contributed by atoms with Crippen molar-refractivity contribution >= 4 is 11.9 Å². The molecular formula is C17H24O5. The molecule has 5 nitrogen and oxygen atoms in total. The van der Waals surface area contributed by atoms with Gasteiger partial charge in [-0.05, 0) is 37.1 Å². The number of benzene rings is 1. The molecule has 0 fully saturated rings. The van der Waals surface area contributed by atoms with Gasteiger partial charge in [0.25, 0.3) is 0 Å². The Morgan fingerprint density at radius 2 is 1.73 bits per heavy atom. The van der Waals surface area contributed by atoms with E-state index in [-0.39, 0.29) is 19.0 Å². The van der Waals surface area contributed by atoms with Gasteiger partial charge < -0.3 is 14.2 Å². The lowest BCUT2D eigenvalue weighted by Crippen LogP contribution is -2.08. The van der Waals surface area contributed by atoms with Gasteiger partial charge in [0.1, 0.15) is 5.75 Å². The quantitative estimate of drug-likeness (QED) is 0.490. The van der Waals surface area contributed by atoms with Crippen molar-refractivity contribution in [1.82, 2.24) is 0 Å². The molecule has 0 atom stereocenters. The van der Waals surface area contributed by atoms with Gasteiger partial charge in [-0.15, -0.1) is 0 Å². The number of esters is 2. The summed E-state index contributed by atoms with van der Waals surface area (Å²) in [5.41, 5.74) is 0.471. The molecule has 0 aromatic heterocycles. The molecule has 0 spiro atoms. The van der Waals surface area contributed by atoms with Crippen molar-refractivity contribution in [2.75, 3.05) is 20.3 Å². The zero-order valence-electron chi connectivity index (χ0n) is 13.3. The Labute approximate surface area is 131 Å². The summed E-state index contributed by atoms with van der Waals surface area (Å²) in [7, 11) is 1.33. The van der Waals surface area contributed by atoms with Crippen LogP contribution in [-0.4, -0.2) is 32.3 Å². The standard InChI is InChI=1S/C17H24O5/c1-3-4-5-12-21-15-10-8-14(9-11-15)17(19)22-13-6-7-16(18)20-2/h8-11H,3-7,12-13H2,1-2H3. The van der Waals surface area contributed by atoms with Crippen LogP contribution in [0.15, 0.2) is 24.3 Å². The van der Waals surface area contributed by atoms with E-state index in [0.717, 1.165) is 25.0 Å². The van der Waals surface area contributed by atoms with E-state index in [1.807, 2.05) is 0 Å². The van der Waals surface area contributed by atoms with E-state index in [1.54, 1.807) is 24.3 Å². The van der Waals surface area contributed by atoms with Crippen molar-refractivity contribution in [2.24, 2.45) is 0 Å². The maximum Gasteiger partial charge on any atom is 0.338 e. The van der Waals surface area contributed by atoms with E-state index in [0.29, 0.717) is 18.6 Å². The van der Waals surface area contributed by atoms with Gasteiger partial charge in [-0.2, -0.15) is 0 Å². The van der Waals surface area contributed by atoms with Crippen molar-refractivity contribution in [2.45, 2.75) is 39.0 Å². The topological polar surface area (TPSA) is 61.8 Å². The Kier molecular flexibility index (Phi) is 8.72. The Balaban J connectivity index is 2.29. The van der Waals surface area contributed by atoms with Crippen molar-refractivity contribution in [3.05, 3.63) is 29.8 Å². The second-order valence-corrected chi connectivity index (χ2v) is 4.90. The molecule has 0 aliphatic rings. The average Bonchev–Trinajstić information content (AvgIpc) is 2.55. The molecule has 5 heteroatoms. The predicted molar refractivity (Wildman–Crippen MR) is 83.0 cm³/mol. The van der Waals surface area contributed by atoms with E-state index in [4.69, 9.17) is 9.47 Å². The Hall–Kier alpha value is -2.04. The first kappa shape index (κ1) is 18.0. The maximum absolute atomic E-state index is 11.8. The van der Waals surface area contributed by atoms with E-state index < -0.39 is 5.97 Å². The first-order chi connectivity index (χ1) is 10.7. The molecule has 0 amide bonds. The predicted octanol–water partition coefficient (Wildman–Crippen LogP) is 3.37. The highest BCUT2D eigenvalue weighted by Crippen LogP contribution is 2.14. The minimum absolute atomic E-state index is 0.198. The second kappa shape index (κ2) is 10.7. The minimum Gasteiger partial charge on any atom is -0.494 e. The van der Waals surface area contributed by atoms with Crippen LogP contribution in [0.25, 0.3) is 0 Å². The third-order valence-electron chi connectivity index (χ3n) is 3.09. The van der Waals surface area contributed by atoms with Gasteiger partial charge in [0, 0.05) is 6.42 Å². The lowest BCUT2D eigenvalue weighted by Gasteiger charge is -2.07. The number of hydrogen-bond acceptors (Lipinski definition) is 5. The molecule has 0 saturated carbocycles. The Morgan fingerprint density at radius 1 is 1.00 bits per heavy atom. The molecule has 0 heterocycles. The van der Waals surface area contributed by atoms with Gasteiger partial charge in [0.2, 0.25) is 0 Å². The monoisotopic (exact) mass is 308 g/mol. The van der Waals surface area contributed by atoms with Crippen LogP contribution in [0.3, 0.4) is 0 Å². The SMILES string of the molecule is CCCCCOc1ccc(C(=O)OCCCC(=O)OC)cc1. The number of ether oxygens (including phenoxy) is 3. The third kappa shape index (κ3) is 7.11. The maximum atomic E-state index is 11.8. The van der Waals surface area contributed by atoms with Crippen molar-refractivity contribution < 1.29 is 23.8 Å². The molecule has 0 aliphatic heterocycles. The summed E-state index contributed by atoms with van der Waals surface area (Å²) in [5.74, 6) is 0.0429. The van der Waals surface area contributed by atoms with Crippen molar-refractivity contribution in [3.8, 4) is 5.75 Å². The normalized spacial score (nSPS) is 10.1. The lowest BCUT2D eigenvalue weighted by molar-refractivity contribution is -0.140. The highest BCUT2D eigenvalue weighted by Gasteiger charge is 2.08. The summed E-state index contributed by atoms with van der Waals surface area (Å²) in [5, 5.41) is 0. The fraction of sp³-hybridized carbons (Fsp3) is 0.529. The fourth-order valence-electron chi connectivity index (χ4n) is 1.80. The van der Waals surface area contributed by atoms with Crippen LogP contribution < -0.4 is 4.74 Å². The molecule has 1 rings (SSSR count). The number of carbonyl (C=O) groups excluding carboxylic acids is 2. The first-order valence-electron chi connectivity index (χ1n) is 7.64. The third-order valence-corrected chi connectivity index (χ3v) is 3.09. The van der Waals surface area contributed by atoms with Crippen LogP contribution in [0.1, 0.15) is 49.4 Å². The number of methoxy groups -OCH3 is 1. The van der Waals surface area contributed by atoms with Crippen LogP contribution in [0, 0.1) is 0 Å². The summed E-state index contributed by atoms with van der Waals surface area (Å²) >= 11 is 0. The number of hydrogen-bond donors (Lipinski definition) is 0. The zero-order valence-corrected chi connectivity index (χ0v) is 13.3. The second-order valence-electron chi connectivity index (χ2n) is 4.90. The van der Waals surface area contributed by atoms with Crippen LogP contribution >= 0.6 is 0 Å². The molecule has 0 unspecified atom stereocenters. The molecule has 1 aromatic carbocycles. The Morgan fingerprint density at radius 3 is 2.36 bits per heavy atom. The van der Waals surface area contributed by atoms with Crippen LogP contribution in [-0.2, 0) is 14.3 Å². The van der Waals surface area contributed by atoms with Crippen LogP contribution in [0.5, 0.6) is 5.75 Å². The molecule has 0 bridgehead atoms. The molecule has 22 heavy (non-hydrogen) atoms. The van der Waals surface area contributed by atoms with E-state index >= 15 is 0 Å². The summed E-state index contributed by atoms with van der Waals surface area (Å²) in [6.45, 7) is 3.03. The highest BCUT2D eigenvalue weighted by molar-refractivity contribution is 5.89. The van der Waals surface area contributed by atoms with E-state index in [2.05, 4.69) is 11.7 Å². The van der Waals surface area contributed by atoms with Gasteiger partial charge in [-0.1, -0.05) is 19.8 Å². The first-order valence-corrected chi connectivity index (χ1v) is 7.64. The lowest BCUT2D eigenvalue weighted by atomic mass is 10.2. The molecule has 0 saturated heterocycles. The molecule has 1 aromatic rings. The molecule has 0 N–H and O–H groups in total. The number of unbranched alkanes of at least 4 members (excludes halogenated alkanes) is 2. The summed E-state index contributed by atoms with van der Waals surface area (Å²) in [4.78, 5) is 22.7. The van der Waals surface area contributed by atoms with Crippen molar-refractivity contribution in [3.63, 3.8) is 0 Å². The highest BCUT2D eigenvalue weighted by atomic mass is 16.5. The average molecular weight is 308 g/mol. The molecular weight excluding hydrogens is 284 g/mol.